The largest absolute Gasteiger partial charge is 0.479 e. The SMILES string of the molecule is CC(C)(C)c1nnsc1C(=O)NC1(C(=O)O)CCSC1. The molecule has 2 rings (SSSR count). The van der Waals surface area contributed by atoms with Crippen molar-refractivity contribution in [2.24, 2.45) is 0 Å². The molecule has 2 heterocycles. The summed E-state index contributed by atoms with van der Waals surface area (Å²) >= 11 is 2.54. The van der Waals surface area contributed by atoms with E-state index in [0.29, 0.717) is 22.7 Å². The van der Waals surface area contributed by atoms with Crippen molar-refractivity contribution >= 4 is 35.2 Å². The highest BCUT2D eigenvalue weighted by Gasteiger charge is 2.44. The van der Waals surface area contributed by atoms with E-state index in [1.807, 2.05) is 20.8 Å². The summed E-state index contributed by atoms with van der Waals surface area (Å²) in [6.07, 6.45) is 0.440. The molecule has 8 heteroatoms. The van der Waals surface area contributed by atoms with Crippen LogP contribution < -0.4 is 5.32 Å². The zero-order chi connectivity index (χ0) is 15.0. The zero-order valence-electron chi connectivity index (χ0n) is 11.6. The Labute approximate surface area is 125 Å². The average molecular weight is 315 g/mol. The summed E-state index contributed by atoms with van der Waals surface area (Å²) in [4.78, 5) is 24.2. The Kier molecular flexibility index (Phi) is 4.06. The molecular weight excluding hydrogens is 298 g/mol. The van der Waals surface area contributed by atoms with E-state index in [0.717, 1.165) is 17.3 Å². The van der Waals surface area contributed by atoms with Crippen molar-refractivity contribution in [3.05, 3.63) is 10.6 Å². The van der Waals surface area contributed by atoms with E-state index >= 15 is 0 Å². The highest BCUT2D eigenvalue weighted by molar-refractivity contribution is 7.99. The van der Waals surface area contributed by atoms with Gasteiger partial charge in [-0.2, -0.15) is 11.8 Å². The first-order valence-corrected chi connectivity index (χ1v) is 8.15. The number of carboxylic acid groups (broad SMARTS) is 1. The summed E-state index contributed by atoms with van der Waals surface area (Å²) in [5, 5.41) is 16.1. The number of thioether (sulfide) groups is 1. The molecule has 0 saturated carbocycles. The molecule has 0 spiro atoms. The van der Waals surface area contributed by atoms with Gasteiger partial charge >= 0.3 is 5.97 Å². The van der Waals surface area contributed by atoms with Gasteiger partial charge in [-0.3, -0.25) is 4.79 Å². The lowest BCUT2D eigenvalue weighted by atomic mass is 9.91. The number of hydrogen-bond donors (Lipinski definition) is 2. The molecule has 2 N–H and O–H groups in total. The van der Waals surface area contributed by atoms with Crippen LogP contribution in [0.1, 0.15) is 42.6 Å². The molecular formula is C12H17N3O3S2. The summed E-state index contributed by atoms with van der Waals surface area (Å²) in [6, 6.07) is 0. The van der Waals surface area contributed by atoms with E-state index in [4.69, 9.17) is 0 Å². The maximum absolute atomic E-state index is 12.4. The quantitative estimate of drug-likeness (QED) is 0.879. The molecule has 0 radical (unpaired) electrons. The number of carbonyl (C=O) groups excluding carboxylic acids is 1. The molecule has 1 saturated heterocycles. The van der Waals surface area contributed by atoms with Crippen molar-refractivity contribution in [3.63, 3.8) is 0 Å². The third-order valence-corrected chi connectivity index (χ3v) is 5.10. The minimum Gasteiger partial charge on any atom is -0.479 e. The number of carboxylic acids is 1. The second-order valence-electron chi connectivity index (χ2n) is 5.84. The molecule has 1 fully saturated rings. The molecule has 1 aliphatic rings. The summed E-state index contributed by atoms with van der Waals surface area (Å²) < 4.78 is 3.83. The number of aliphatic carboxylic acids is 1. The Morgan fingerprint density at radius 3 is 2.60 bits per heavy atom. The molecule has 110 valence electrons. The molecule has 0 aromatic carbocycles. The number of aromatic nitrogens is 2. The Balaban J connectivity index is 2.25. The number of carbonyl (C=O) groups is 2. The van der Waals surface area contributed by atoms with Crippen LogP contribution in [0.4, 0.5) is 0 Å². The minimum absolute atomic E-state index is 0.305. The average Bonchev–Trinajstić information content (AvgIpc) is 2.96. The highest BCUT2D eigenvalue weighted by atomic mass is 32.2. The van der Waals surface area contributed by atoms with E-state index in [2.05, 4.69) is 14.9 Å². The van der Waals surface area contributed by atoms with Gasteiger partial charge in [0.1, 0.15) is 10.4 Å². The molecule has 1 aliphatic heterocycles. The lowest BCUT2D eigenvalue weighted by molar-refractivity contribution is -0.143. The minimum atomic E-state index is -1.17. The van der Waals surface area contributed by atoms with Crippen LogP contribution in [0.2, 0.25) is 0 Å². The van der Waals surface area contributed by atoms with Crippen molar-refractivity contribution in [1.82, 2.24) is 14.9 Å². The Hall–Kier alpha value is -1.15. The maximum atomic E-state index is 12.4. The van der Waals surface area contributed by atoms with E-state index in [-0.39, 0.29) is 5.41 Å². The van der Waals surface area contributed by atoms with Gasteiger partial charge in [-0.1, -0.05) is 25.3 Å². The molecule has 1 atom stereocenters. The first-order chi connectivity index (χ1) is 9.26. The van der Waals surface area contributed by atoms with Gasteiger partial charge in [-0.05, 0) is 23.7 Å². The van der Waals surface area contributed by atoms with E-state index in [1.165, 1.54) is 11.8 Å². The lowest BCUT2D eigenvalue weighted by Gasteiger charge is -2.25. The molecule has 6 nitrogen and oxygen atoms in total. The normalized spacial score (nSPS) is 22.8. The van der Waals surface area contributed by atoms with Crippen LogP contribution >= 0.6 is 23.3 Å². The fourth-order valence-electron chi connectivity index (χ4n) is 1.99. The fourth-order valence-corrected chi connectivity index (χ4v) is 4.09. The zero-order valence-corrected chi connectivity index (χ0v) is 13.2. The molecule has 20 heavy (non-hydrogen) atoms. The van der Waals surface area contributed by atoms with Gasteiger partial charge in [-0.15, -0.1) is 5.10 Å². The molecule has 1 unspecified atom stereocenters. The van der Waals surface area contributed by atoms with Gasteiger partial charge in [0, 0.05) is 11.2 Å². The van der Waals surface area contributed by atoms with Crippen molar-refractivity contribution in [2.75, 3.05) is 11.5 Å². The summed E-state index contributed by atoms with van der Waals surface area (Å²) in [7, 11) is 0. The molecule has 1 amide bonds. The van der Waals surface area contributed by atoms with Crippen LogP contribution in [0.25, 0.3) is 0 Å². The lowest BCUT2D eigenvalue weighted by Crippen LogP contribution is -2.54. The topological polar surface area (TPSA) is 92.2 Å². The van der Waals surface area contributed by atoms with Crippen molar-refractivity contribution in [3.8, 4) is 0 Å². The maximum Gasteiger partial charge on any atom is 0.330 e. The van der Waals surface area contributed by atoms with Crippen LogP contribution in [0, 0.1) is 0 Å². The monoisotopic (exact) mass is 315 g/mol. The molecule has 0 bridgehead atoms. The number of nitrogens with one attached hydrogen (secondary N) is 1. The third-order valence-electron chi connectivity index (χ3n) is 3.19. The van der Waals surface area contributed by atoms with Crippen LogP contribution in [0.15, 0.2) is 0 Å². The van der Waals surface area contributed by atoms with Gasteiger partial charge in [0.05, 0.1) is 5.69 Å². The first kappa shape index (κ1) is 15.2. The number of hydrogen-bond acceptors (Lipinski definition) is 6. The van der Waals surface area contributed by atoms with Crippen LogP contribution in [0.5, 0.6) is 0 Å². The third kappa shape index (κ3) is 2.80. The number of amides is 1. The smallest absolute Gasteiger partial charge is 0.330 e. The Bertz CT molecular complexity index is 530. The Morgan fingerprint density at radius 1 is 1.40 bits per heavy atom. The first-order valence-electron chi connectivity index (χ1n) is 6.23. The second-order valence-corrected chi connectivity index (χ2v) is 7.70. The van der Waals surface area contributed by atoms with Gasteiger partial charge in [-0.25, -0.2) is 4.79 Å². The molecule has 1 aromatic heterocycles. The molecule has 1 aromatic rings. The van der Waals surface area contributed by atoms with Gasteiger partial charge < -0.3 is 10.4 Å². The van der Waals surface area contributed by atoms with Crippen molar-refractivity contribution in [2.45, 2.75) is 38.1 Å². The highest BCUT2D eigenvalue weighted by Crippen LogP contribution is 2.30. The van der Waals surface area contributed by atoms with E-state index in [1.54, 1.807) is 0 Å². The molecule has 0 aliphatic carbocycles. The van der Waals surface area contributed by atoms with Gasteiger partial charge in [0.15, 0.2) is 0 Å². The fraction of sp³-hybridized carbons (Fsp3) is 0.667. The standard InChI is InChI=1S/C12H17N3O3S2/c1-11(2,3)8-7(20-15-14-8)9(16)13-12(10(17)18)4-5-19-6-12/h4-6H2,1-3H3,(H,13,16)(H,17,18). The van der Waals surface area contributed by atoms with Crippen LogP contribution in [-0.4, -0.2) is 43.6 Å². The Morgan fingerprint density at radius 2 is 2.10 bits per heavy atom. The van der Waals surface area contributed by atoms with E-state index < -0.39 is 17.4 Å². The van der Waals surface area contributed by atoms with Crippen molar-refractivity contribution < 1.29 is 14.7 Å². The van der Waals surface area contributed by atoms with E-state index in [9.17, 15) is 14.7 Å². The summed E-state index contributed by atoms with van der Waals surface area (Å²) in [5.41, 5.74) is -0.868. The van der Waals surface area contributed by atoms with Crippen LogP contribution in [0.3, 0.4) is 0 Å². The predicted octanol–water partition coefficient (Wildman–Crippen LogP) is 1.53. The summed E-state index contributed by atoms with van der Waals surface area (Å²) in [6.45, 7) is 5.83. The summed E-state index contributed by atoms with van der Waals surface area (Å²) in [5.74, 6) is -0.245. The number of nitrogens with zero attached hydrogens (tertiary/aromatic N) is 2. The van der Waals surface area contributed by atoms with Gasteiger partial charge in [0.2, 0.25) is 0 Å². The predicted molar refractivity (Wildman–Crippen MR) is 78.4 cm³/mol. The van der Waals surface area contributed by atoms with Crippen LogP contribution in [-0.2, 0) is 10.2 Å². The second kappa shape index (κ2) is 5.33. The van der Waals surface area contributed by atoms with Gasteiger partial charge in [0.25, 0.3) is 5.91 Å². The van der Waals surface area contributed by atoms with Crippen molar-refractivity contribution in [1.29, 1.82) is 0 Å². The number of rotatable bonds is 3.